The van der Waals surface area contributed by atoms with Crippen molar-refractivity contribution in [3.63, 3.8) is 0 Å². The summed E-state index contributed by atoms with van der Waals surface area (Å²) in [6.07, 6.45) is 1.08. The van der Waals surface area contributed by atoms with Crippen molar-refractivity contribution in [2.24, 2.45) is 0 Å². The number of fused-ring (bicyclic) bond motifs is 3. The van der Waals surface area contributed by atoms with Crippen LogP contribution in [0.25, 0.3) is 11.1 Å². The number of benzene rings is 2. The lowest BCUT2D eigenvalue weighted by Crippen LogP contribution is -2.41. The minimum Gasteiger partial charge on any atom is -0.481 e. The van der Waals surface area contributed by atoms with Gasteiger partial charge in [-0.1, -0.05) is 68.3 Å². The fraction of sp³-hybridized carbons (Fsp3) is 0.444. The van der Waals surface area contributed by atoms with Gasteiger partial charge in [-0.25, -0.2) is 4.79 Å². The highest BCUT2D eigenvalue weighted by Gasteiger charge is 2.29. The molecule has 1 aliphatic carbocycles. The maximum absolute atomic E-state index is 12.4. The van der Waals surface area contributed by atoms with Crippen molar-refractivity contribution in [3.05, 3.63) is 59.7 Å². The van der Waals surface area contributed by atoms with E-state index in [4.69, 9.17) is 14.6 Å². The molecule has 1 aliphatic rings. The number of amides is 2. The number of unbranched alkanes of at least 4 members (excludes halogenated alkanes) is 1. The number of nitrogens with one attached hydrogen (secondary N) is 2. The van der Waals surface area contributed by atoms with Crippen LogP contribution in [0.3, 0.4) is 0 Å². The minimum atomic E-state index is -0.952. The minimum absolute atomic E-state index is 0.00238. The molecule has 188 valence electrons. The van der Waals surface area contributed by atoms with Crippen LogP contribution in [0.15, 0.2) is 48.5 Å². The molecule has 2 atom stereocenters. The van der Waals surface area contributed by atoms with Gasteiger partial charge in [0, 0.05) is 25.6 Å². The summed E-state index contributed by atoms with van der Waals surface area (Å²) in [4.78, 5) is 35.9. The molecule has 0 saturated carbocycles. The van der Waals surface area contributed by atoms with E-state index in [9.17, 15) is 14.4 Å². The Morgan fingerprint density at radius 3 is 2.20 bits per heavy atom. The Bertz CT molecular complexity index is 979. The van der Waals surface area contributed by atoms with Gasteiger partial charge in [-0.3, -0.25) is 9.59 Å². The van der Waals surface area contributed by atoms with Crippen LogP contribution in [0.2, 0.25) is 0 Å². The van der Waals surface area contributed by atoms with E-state index >= 15 is 0 Å². The number of carbonyl (C=O) groups is 3. The fourth-order valence-corrected chi connectivity index (χ4v) is 4.47. The van der Waals surface area contributed by atoms with Crippen LogP contribution in [0.5, 0.6) is 0 Å². The van der Waals surface area contributed by atoms with E-state index < -0.39 is 24.2 Å². The van der Waals surface area contributed by atoms with Gasteiger partial charge < -0.3 is 25.2 Å². The predicted octanol–water partition coefficient (Wildman–Crippen LogP) is 4.08. The molecular weight excluding hydrogens is 448 g/mol. The Kier molecular flexibility index (Phi) is 9.66. The molecule has 0 spiro atoms. The highest BCUT2D eigenvalue weighted by atomic mass is 16.5. The predicted molar refractivity (Wildman–Crippen MR) is 132 cm³/mol. The zero-order chi connectivity index (χ0) is 25.2. The topological polar surface area (TPSA) is 114 Å². The smallest absolute Gasteiger partial charge is 0.407 e. The Morgan fingerprint density at radius 2 is 1.63 bits per heavy atom. The molecule has 8 heteroatoms. The van der Waals surface area contributed by atoms with Gasteiger partial charge in [-0.05, 0) is 28.7 Å². The van der Waals surface area contributed by atoms with E-state index in [-0.39, 0.29) is 37.8 Å². The van der Waals surface area contributed by atoms with E-state index in [1.807, 2.05) is 31.2 Å². The second-order valence-electron chi connectivity index (χ2n) is 8.77. The number of rotatable bonds is 13. The van der Waals surface area contributed by atoms with Crippen LogP contribution >= 0.6 is 0 Å². The van der Waals surface area contributed by atoms with E-state index in [1.165, 1.54) is 7.11 Å². The van der Waals surface area contributed by atoms with Crippen molar-refractivity contribution in [1.29, 1.82) is 0 Å². The number of carboxylic acids is 1. The molecule has 2 aromatic rings. The second-order valence-corrected chi connectivity index (χ2v) is 8.77. The van der Waals surface area contributed by atoms with Crippen molar-refractivity contribution in [2.45, 2.75) is 57.1 Å². The summed E-state index contributed by atoms with van der Waals surface area (Å²) in [5.74, 6) is -1.30. The maximum atomic E-state index is 12.4. The Morgan fingerprint density at radius 1 is 1.00 bits per heavy atom. The third kappa shape index (κ3) is 7.29. The number of hydrogen-bond donors (Lipinski definition) is 3. The van der Waals surface area contributed by atoms with Crippen molar-refractivity contribution < 1.29 is 29.0 Å². The summed E-state index contributed by atoms with van der Waals surface area (Å²) in [5, 5.41) is 14.5. The van der Waals surface area contributed by atoms with E-state index in [0.717, 1.165) is 35.1 Å². The molecule has 3 rings (SSSR count). The van der Waals surface area contributed by atoms with Gasteiger partial charge in [-0.2, -0.15) is 0 Å². The van der Waals surface area contributed by atoms with Gasteiger partial charge in [0.2, 0.25) is 5.91 Å². The Labute approximate surface area is 206 Å². The number of carboxylic acid groups (broad SMARTS) is 1. The van der Waals surface area contributed by atoms with Gasteiger partial charge in [-0.15, -0.1) is 0 Å². The van der Waals surface area contributed by atoms with Crippen LogP contribution in [-0.2, 0) is 19.1 Å². The third-order valence-corrected chi connectivity index (χ3v) is 6.26. The summed E-state index contributed by atoms with van der Waals surface area (Å²) in [6, 6.07) is 15.8. The highest BCUT2D eigenvalue weighted by molar-refractivity contribution is 5.79. The molecule has 1 unspecified atom stereocenters. The van der Waals surface area contributed by atoms with Crippen LogP contribution < -0.4 is 10.6 Å². The Hall–Kier alpha value is -3.39. The molecule has 2 aromatic carbocycles. The first-order chi connectivity index (χ1) is 16.9. The first kappa shape index (κ1) is 26.2. The summed E-state index contributed by atoms with van der Waals surface area (Å²) in [7, 11) is 1.46. The van der Waals surface area contributed by atoms with Crippen molar-refractivity contribution in [2.75, 3.05) is 20.3 Å². The molecule has 3 N–H and O–H groups in total. The number of hydrogen-bond acceptors (Lipinski definition) is 5. The molecule has 0 saturated heterocycles. The normalized spacial score (nSPS) is 13.9. The SMILES string of the molecule is CCCC[C@@H](CC(=O)O)NC(=O)CC(CNC(=O)OCC1c2ccccc2-c2ccccc21)OC. The van der Waals surface area contributed by atoms with E-state index in [1.54, 1.807) is 0 Å². The van der Waals surface area contributed by atoms with Crippen molar-refractivity contribution in [1.82, 2.24) is 10.6 Å². The number of ether oxygens (including phenoxy) is 2. The average molecular weight is 483 g/mol. The summed E-state index contributed by atoms with van der Waals surface area (Å²) < 4.78 is 10.9. The van der Waals surface area contributed by atoms with E-state index in [2.05, 4.69) is 34.9 Å². The van der Waals surface area contributed by atoms with Gasteiger partial charge in [0.25, 0.3) is 0 Å². The van der Waals surface area contributed by atoms with Crippen LogP contribution in [-0.4, -0.2) is 55.5 Å². The molecule has 8 nitrogen and oxygen atoms in total. The van der Waals surface area contributed by atoms with Crippen molar-refractivity contribution >= 4 is 18.0 Å². The molecular formula is C27H34N2O6. The number of carbonyl (C=O) groups excluding carboxylic acids is 2. The summed E-state index contributed by atoms with van der Waals surface area (Å²) >= 11 is 0. The summed E-state index contributed by atoms with van der Waals surface area (Å²) in [6.45, 7) is 2.31. The molecule has 0 fully saturated rings. The van der Waals surface area contributed by atoms with Gasteiger partial charge >= 0.3 is 12.1 Å². The molecule has 2 amide bonds. The quantitative estimate of drug-likeness (QED) is 0.396. The lowest BCUT2D eigenvalue weighted by Gasteiger charge is -2.20. The fourth-order valence-electron chi connectivity index (χ4n) is 4.47. The molecule has 0 heterocycles. The molecule has 0 bridgehead atoms. The first-order valence-corrected chi connectivity index (χ1v) is 12.1. The van der Waals surface area contributed by atoms with Crippen LogP contribution in [0, 0.1) is 0 Å². The highest BCUT2D eigenvalue weighted by Crippen LogP contribution is 2.44. The standard InChI is InChI=1S/C27H34N2O6/c1-3-4-9-18(14-26(31)32)29-25(30)15-19(34-2)16-28-27(33)35-17-24-22-12-7-5-10-20(22)21-11-6-8-13-23(21)24/h5-8,10-13,18-19,24H,3-4,9,14-17H2,1-2H3,(H,28,33)(H,29,30)(H,31,32)/t18-,19?/m0/s1. The number of alkyl carbamates (subject to hydrolysis) is 1. The van der Waals surface area contributed by atoms with Gasteiger partial charge in [0.05, 0.1) is 18.9 Å². The van der Waals surface area contributed by atoms with Crippen LogP contribution in [0.4, 0.5) is 4.79 Å². The largest absolute Gasteiger partial charge is 0.481 e. The lowest BCUT2D eigenvalue weighted by atomic mass is 9.98. The second kappa shape index (κ2) is 12.9. The van der Waals surface area contributed by atoms with Gasteiger partial charge in [0.1, 0.15) is 6.61 Å². The Balaban J connectivity index is 1.48. The summed E-state index contributed by atoms with van der Waals surface area (Å²) in [5.41, 5.74) is 4.57. The molecule has 35 heavy (non-hydrogen) atoms. The zero-order valence-corrected chi connectivity index (χ0v) is 20.3. The zero-order valence-electron chi connectivity index (χ0n) is 20.3. The molecule has 0 aromatic heterocycles. The number of aliphatic carboxylic acids is 1. The lowest BCUT2D eigenvalue weighted by molar-refractivity contribution is -0.137. The monoisotopic (exact) mass is 482 g/mol. The maximum Gasteiger partial charge on any atom is 0.407 e. The first-order valence-electron chi connectivity index (χ1n) is 12.1. The molecule has 0 aliphatic heterocycles. The third-order valence-electron chi connectivity index (χ3n) is 6.26. The number of methoxy groups -OCH3 is 1. The van der Waals surface area contributed by atoms with Crippen molar-refractivity contribution in [3.8, 4) is 11.1 Å². The average Bonchev–Trinajstić information content (AvgIpc) is 3.17. The van der Waals surface area contributed by atoms with Gasteiger partial charge in [0.15, 0.2) is 0 Å². The molecule has 0 radical (unpaired) electrons. The van der Waals surface area contributed by atoms with E-state index in [0.29, 0.717) is 6.42 Å². The van der Waals surface area contributed by atoms with Crippen LogP contribution in [0.1, 0.15) is 56.1 Å².